The van der Waals surface area contributed by atoms with Crippen LogP contribution in [0.2, 0.25) is 0 Å². The summed E-state index contributed by atoms with van der Waals surface area (Å²) in [6, 6.07) is 13.0. The van der Waals surface area contributed by atoms with Crippen LogP contribution in [0.4, 0.5) is 4.39 Å². The van der Waals surface area contributed by atoms with Crippen molar-refractivity contribution >= 4 is 21.9 Å². The van der Waals surface area contributed by atoms with Crippen molar-refractivity contribution in [3.05, 3.63) is 70.3 Å². The molecule has 0 aliphatic heterocycles. The molecule has 1 heterocycles. The van der Waals surface area contributed by atoms with Crippen molar-refractivity contribution in [2.24, 2.45) is 0 Å². The molecule has 0 unspecified atom stereocenters. The molecule has 0 bridgehead atoms. The predicted octanol–water partition coefficient (Wildman–Crippen LogP) is 4.56. The lowest BCUT2D eigenvalue weighted by Gasteiger charge is -2.10. The minimum Gasteiger partial charge on any atom is -0.449 e. The zero-order valence-corrected chi connectivity index (χ0v) is 14.2. The third kappa shape index (κ3) is 3.51. The van der Waals surface area contributed by atoms with Crippen molar-refractivity contribution in [2.45, 2.75) is 13.0 Å². The van der Waals surface area contributed by atoms with Crippen molar-refractivity contribution in [1.29, 1.82) is 0 Å². The van der Waals surface area contributed by atoms with Crippen LogP contribution in [0.5, 0.6) is 0 Å². The van der Waals surface area contributed by atoms with Gasteiger partial charge in [0, 0.05) is 10.0 Å². The Balaban J connectivity index is 1.75. The second kappa shape index (κ2) is 6.92. The van der Waals surface area contributed by atoms with Gasteiger partial charge in [0.15, 0.2) is 6.10 Å². The summed E-state index contributed by atoms with van der Waals surface area (Å²) in [6.45, 7) is 1.60. The summed E-state index contributed by atoms with van der Waals surface area (Å²) in [7, 11) is 0. The largest absolute Gasteiger partial charge is 0.449 e. The summed E-state index contributed by atoms with van der Waals surface area (Å²) in [5.41, 5.74) is 0.854. The maximum atomic E-state index is 13.3. The second-order valence-electron chi connectivity index (χ2n) is 4.98. The lowest BCUT2D eigenvalue weighted by molar-refractivity contribution is 0.0278. The molecule has 0 saturated carbocycles. The zero-order valence-electron chi connectivity index (χ0n) is 12.6. The van der Waals surface area contributed by atoms with Gasteiger partial charge in [0.25, 0.3) is 5.89 Å². The highest BCUT2D eigenvalue weighted by Gasteiger charge is 2.21. The third-order valence-electron chi connectivity index (χ3n) is 3.24. The van der Waals surface area contributed by atoms with Crippen molar-refractivity contribution < 1.29 is 18.3 Å². The fourth-order valence-electron chi connectivity index (χ4n) is 2.02. The molecule has 7 heteroatoms. The third-order valence-corrected chi connectivity index (χ3v) is 3.93. The number of hydrogen-bond acceptors (Lipinski definition) is 5. The molecule has 1 aromatic heterocycles. The van der Waals surface area contributed by atoms with Crippen LogP contribution in [-0.4, -0.2) is 16.2 Å². The van der Waals surface area contributed by atoms with E-state index in [1.807, 2.05) is 30.3 Å². The number of benzene rings is 2. The summed E-state index contributed by atoms with van der Waals surface area (Å²) in [4.78, 5) is 12.2. The van der Waals surface area contributed by atoms with Crippen LogP contribution >= 0.6 is 15.9 Å². The highest BCUT2D eigenvalue weighted by molar-refractivity contribution is 9.10. The first-order valence-electron chi connectivity index (χ1n) is 7.09. The highest BCUT2D eigenvalue weighted by Crippen LogP contribution is 2.25. The zero-order chi connectivity index (χ0) is 17.1. The number of carbonyl (C=O) groups is 1. The van der Waals surface area contributed by atoms with Gasteiger partial charge < -0.3 is 9.15 Å². The normalized spacial score (nSPS) is 12.0. The molecule has 5 nitrogen and oxygen atoms in total. The Morgan fingerprint density at radius 1 is 1.21 bits per heavy atom. The Morgan fingerprint density at radius 2 is 1.96 bits per heavy atom. The minimum atomic E-state index is -0.766. The van der Waals surface area contributed by atoms with Gasteiger partial charge in [0.1, 0.15) is 5.82 Å². The number of hydrogen-bond donors (Lipinski definition) is 0. The summed E-state index contributed by atoms with van der Waals surface area (Å²) in [5.74, 6) is -0.717. The topological polar surface area (TPSA) is 65.2 Å². The first-order chi connectivity index (χ1) is 11.5. The predicted molar refractivity (Wildman–Crippen MR) is 87.7 cm³/mol. The minimum absolute atomic E-state index is 0.0876. The average molecular weight is 391 g/mol. The molecule has 0 saturated heterocycles. The smallest absolute Gasteiger partial charge is 0.340 e. The van der Waals surface area contributed by atoms with Crippen LogP contribution in [0.3, 0.4) is 0 Å². The monoisotopic (exact) mass is 390 g/mol. The Labute approximate surface area is 145 Å². The van der Waals surface area contributed by atoms with Gasteiger partial charge in [-0.1, -0.05) is 18.2 Å². The molecule has 0 radical (unpaired) electrons. The fourth-order valence-corrected chi connectivity index (χ4v) is 2.43. The first kappa shape index (κ1) is 16.3. The van der Waals surface area contributed by atoms with E-state index in [1.165, 1.54) is 12.1 Å². The van der Waals surface area contributed by atoms with Crippen LogP contribution in [0.1, 0.15) is 29.3 Å². The fraction of sp³-hybridized carbons (Fsp3) is 0.118. The van der Waals surface area contributed by atoms with Crippen LogP contribution in [0.25, 0.3) is 11.5 Å². The Kier molecular flexibility index (Phi) is 4.71. The second-order valence-corrected chi connectivity index (χ2v) is 5.84. The molecule has 2 aromatic carbocycles. The number of rotatable bonds is 4. The van der Waals surface area contributed by atoms with Crippen LogP contribution in [0.15, 0.2) is 57.4 Å². The molecular formula is C17H12BrFN2O3. The Bertz CT molecular complexity index is 867. The Morgan fingerprint density at radius 3 is 2.71 bits per heavy atom. The van der Waals surface area contributed by atoms with Gasteiger partial charge in [0.2, 0.25) is 5.89 Å². The number of aromatic nitrogens is 2. The van der Waals surface area contributed by atoms with Gasteiger partial charge in [0.05, 0.1) is 5.56 Å². The van der Waals surface area contributed by atoms with Crippen molar-refractivity contribution in [3.63, 3.8) is 0 Å². The van der Waals surface area contributed by atoms with Crippen LogP contribution in [-0.2, 0) is 4.74 Å². The van der Waals surface area contributed by atoms with Gasteiger partial charge >= 0.3 is 5.97 Å². The number of esters is 1. The van der Waals surface area contributed by atoms with Gasteiger partial charge in [-0.3, -0.25) is 0 Å². The first-order valence-corrected chi connectivity index (χ1v) is 7.89. The molecule has 0 aliphatic rings. The van der Waals surface area contributed by atoms with E-state index >= 15 is 0 Å². The van der Waals surface area contributed by atoms with E-state index in [0.29, 0.717) is 10.4 Å². The molecule has 0 spiro atoms. The van der Waals surface area contributed by atoms with E-state index < -0.39 is 17.9 Å². The van der Waals surface area contributed by atoms with E-state index in [-0.39, 0.29) is 11.5 Å². The quantitative estimate of drug-likeness (QED) is 0.611. The molecule has 0 amide bonds. The Hall–Kier alpha value is -2.54. The molecule has 0 N–H and O–H groups in total. The lowest BCUT2D eigenvalue weighted by Crippen LogP contribution is -2.10. The van der Waals surface area contributed by atoms with E-state index in [4.69, 9.17) is 9.15 Å². The standard InChI is InChI=1S/C17H12BrFN2O3/c1-10(23-17(22)13-9-12(19)7-8-14(13)18)15-20-21-16(24-15)11-5-3-2-4-6-11/h2-10H,1H3/t10-/m1/s1. The van der Waals surface area contributed by atoms with Crippen molar-refractivity contribution in [2.75, 3.05) is 0 Å². The van der Waals surface area contributed by atoms with Gasteiger partial charge in [-0.25, -0.2) is 9.18 Å². The molecule has 24 heavy (non-hydrogen) atoms. The van der Waals surface area contributed by atoms with Gasteiger partial charge in [-0.2, -0.15) is 0 Å². The average Bonchev–Trinajstić information content (AvgIpc) is 3.08. The van der Waals surface area contributed by atoms with E-state index in [0.717, 1.165) is 11.6 Å². The molecule has 1 atom stereocenters. The molecule has 0 aliphatic carbocycles. The number of ether oxygens (including phenoxy) is 1. The summed E-state index contributed by atoms with van der Waals surface area (Å²) in [6.07, 6.45) is -0.766. The van der Waals surface area contributed by atoms with Gasteiger partial charge in [-0.15, -0.1) is 10.2 Å². The van der Waals surface area contributed by atoms with Crippen molar-refractivity contribution in [3.8, 4) is 11.5 Å². The summed E-state index contributed by atoms with van der Waals surface area (Å²) >= 11 is 3.19. The summed E-state index contributed by atoms with van der Waals surface area (Å²) < 4.78 is 24.5. The molecular weight excluding hydrogens is 379 g/mol. The maximum Gasteiger partial charge on any atom is 0.340 e. The van der Waals surface area contributed by atoms with Crippen LogP contribution in [0, 0.1) is 5.82 Å². The summed E-state index contributed by atoms with van der Waals surface area (Å²) in [5, 5.41) is 7.84. The molecule has 3 aromatic rings. The number of nitrogens with zero attached hydrogens (tertiary/aromatic N) is 2. The van der Waals surface area contributed by atoms with Gasteiger partial charge in [-0.05, 0) is 53.2 Å². The molecule has 3 rings (SSSR count). The number of carbonyl (C=O) groups excluding carboxylic acids is 1. The maximum absolute atomic E-state index is 13.3. The van der Waals surface area contributed by atoms with Crippen molar-refractivity contribution in [1.82, 2.24) is 10.2 Å². The molecule has 122 valence electrons. The molecule has 0 fully saturated rings. The SMILES string of the molecule is C[C@@H](OC(=O)c1cc(F)ccc1Br)c1nnc(-c2ccccc2)o1. The van der Waals surface area contributed by atoms with Crippen LogP contribution < -0.4 is 0 Å². The van der Waals surface area contributed by atoms with E-state index in [1.54, 1.807) is 6.92 Å². The highest BCUT2D eigenvalue weighted by atomic mass is 79.9. The lowest BCUT2D eigenvalue weighted by atomic mass is 10.2. The number of halogens is 2. The van der Waals surface area contributed by atoms with E-state index in [2.05, 4.69) is 26.1 Å². The van der Waals surface area contributed by atoms with E-state index in [9.17, 15) is 9.18 Å².